The van der Waals surface area contributed by atoms with Crippen LogP contribution < -0.4 is 13.8 Å². The quantitative estimate of drug-likeness (QED) is 0.740. The second-order valence-corrected chi connectivity index (χ2v) is 8.64. The maximum Gasteiger partial charge on any atom is 0.243 e. The van der Waals surface area contributed by atoms with E-state index in [1.807, 2.05) is 0 Å². The Balaban J connectivity index is 2.29. The van der Waals surface area contributed by atoms with Gasteiger partial charge in [0.25, 0.3) is 0 Å². The van der Waals surface area contributed by atoms with Gasteiger partial charge in [0.05, 0.1) is 38.3 Å². The van der Waals surface area contributed by atoms with Crippen LogP contribution in [0.25, 0.3) is 0 Å². The number of hydrogen-bond donors (Lipinski definition) is 1. The van der Waals surface area contributed by atoms with Crippen molar-refractivity contribution in [1.82, 2.24) is 4.90 Å². The summed E-state index contributed by atoms with van der Waals surface area (Å²) in [7, 11) is 0.782. The van der Waals surface area contributed by atoms with Gasteiger partial charge in [-0.3, -0.25) is 9.10 Å². The van der Waals surface area contributed by atoms with Gasteiger partial charge in [-0.15, -0.1) is 0 Å². The largest absolute Gasteiger partial charge is 0.497 e. The molecule has 0 aromatic heterocycles. The van der Waals surface area contributed by atoms with Gasteiger partial charge < -0.3 is 19.5 Å². The lowest BCUT2D eigenvalue weighted by molar-refractivity contribution is -0.133. The highest BCUT2D eigenvalue weighted by atomic mass is 32.2. The van der Waals surface area contributed by atoms with Crippen molar-refractivity contribution < 1.29 is 27.8 Å². The highest BCUT2D eigenvalue weighted by Crippen LogP contribution is 2.33. The molecule has 0 bridgehead atoms. The van der Waals surface area contributed by atoms with Crippen LogP contribution in [0.1, 0.15) is 25.7 Å². The third kappa shape index (κ3) is 5.04. The minimum Gasteiger partial charge on any atom is -0.497 e. The van der Waals surface area contributed by atoms with Crippen LogP contribution in [0.2, 0.25) is 0 Å². The monoisotopic (exact) mass is 400 g/mol. The van der Waals surface area contributed by atoms with Crippen molar-refractivity contribution in [1.29, 1.82) is 0 Å². The summed E-state index contributed by atoms with van der Waals surface area (Å²) in [5, 5.41) is 10.2. The average molecular weight is 400 g/mol. The van der Waals surface area contributed by atoms with Crippen molar-refractivity contribution in [2.75, 3.05) is 38.4 Å². The summed E-state index contributed by atoms with van der Waals surface area (Å²) in [6, 6.07) is 4.41. The van der Waals surface area contributed by atoms with Crippen LogP contribution in [-0.2, 0) is 14.8 Å². The smallest absolute Gasteiger partial charge is 0.243 e. The predicted molar refractivity (Wildman–Crippen MR) is 103 cm³/mol. The molecule has 0 heterocycles. The van der Waals surface area contributed by atoms with Crippen LogP contribution in [-0.4, -0.2) is 70.5 Å². The van der Waals surface area contributed by atoms with Crippen LogP contribution >= 0.6 is 0 Å². The number of anilines is 1. The Morgan fingerprint density at radius 1 is 1.22 bits per heavy atom. The van der Waals surface area contributed by atoms with E-state index in [-0.39, 0.29) is 29.9 Å². The number of aliphatic hydroxyl groups is 1. The molecule has 2 unspecified atom stereocenters. The molecule has 1 aliphatic rings. The number of carbonyl (C=O) groups is 1. The molecule has 1 aliphatic carbocycles. The number of nitrogens with zero attached hydrogens (tertiary/aromatic N) is 2. The molecule has 1 aromatic rings. The summed E-state index contributed by atoms with van der Waals surface area (Å²) in [4.78, 5) is 14.2. The van der Waals surface area contributed by atoms with Crippen molar-refractivity contribution in [3.8, 4) is 11.5 Å². The zero-order valence-corrected chi connectivity index (χ0v) is 17.0. The van der Waals surface area contributed by atoms with E-state index >= 15 is 0 Å². The molecule has 1 amide bonds. The number of rotatable bonds is 7. The van der Waals surface area contributed by atoms with E-state index in [0.29, 0.717) is 18.6 Å². The summed E-state index contributed by atoms with van der Waals surface area (Å²) in [6.45, 7) is -0.374. The third-order valence-electron chi connectivity index (χ3n) is 4.92. The molecule has 1 saturated carbocycles. The van der Waals surface area contributed by atoms with Crippen LogP contribution in [0.3, 0.4) is 0 Å². The number of methoxy groups -OCH3 is 2. The van der Waals surface area contributed by atoms with Crippen LogP contribution in [0.5, 0.6) is 11.5 Å². The molecule has 8 nitrogen and oxygen atoms in total. The molecule has 1 N–H and O–H groups in total. The Morgan fingerprint density at radius 2 is 1.89 bits per heavy atom. The molecule has 0 radical (unpaired) electrons. The van der Waals surface area contributed by atoms with Gasteiger partial charge in [-0.05, 0) is 25.0 Å². The number of sulfonamides is 1. The molecule has 0 spiro atoms. The maximum absolute atomic E-state index is 12.8. The fourth-order valence-electron chi connectivity index (χ4n) is 3.33. The first-order valence-electron chi connectivity index (χ1n) is 8.82. The van der Waals surface area contributed by atoms with Crippen molar-refractivity contribution in [2.45, 2.75) is 37.8 Å². The number of hydrogen-bond acceptors (Lipinski definition) is 6. The normalized spacial score (nSPS) is 20.0. The van der Waals surface area contributed by atoms with Crippen LogP contribution in [0.15, 0.2) is 18.2 Å². The van der Waals surface area contributed by atoms with Gasteiger partial charge in [0.1, 0.15) is 18.0 Å². The lowest BCUT2D eigenvalue weighted by Gasteiger charge is -2.36. The molecule has 2 rings (SSSR count). The van der Waals surface area contributed by atoms with Gasteiger partial charge in [0, 0.05) is 13.1 Å². The van der Waals surface area contributed by atoms with Crippen LogP contribution in [0, 0.1) is 0 Å². The summed E-state index contributed by atoms with van der Waals surface area (Å²) in [5.74, 6) is 0.412. The van der Waals surface area contributed by atoms with Gasteiger partial charge in [0.2, 0.25) is 15.9 Å². The van der Waals surface area contributed by atoms with Gasteiger partial charge in [-0.1, -0.05) is 12.8 Å². The molecular formula is C18H28N2O6S. The standard InChI is InChI=1S/C18H28N2O6S/c1-19(14-7-5-6-8-16(14)21)18(22)12-20(27(4,23)24)15-10-9-13(25-2)11-17(15)26-3/h9-11,14,16,21H,5-8,12H2,1-4H3. The number of ether oxygens (including phenoxy) is 2. The van der Waals surface area contributed by atoms with E-state index in [1.54, 1.807) is 25.2 Å². The molecule has 1 fully saturated rings. The van der Waals surface area contributed by atoms with Gasteiger partial charge in [0.15, 0.2) is 0 Å². The molecule has 0 aliphatic heterocycles. The predicted octanol–water partition coefficient (Wildman–Crippen LogP) is 1.23. The lowest BCUT2D eigenvalue weighted by Crippen LogP contribution is -2.50. The lowest BCUT2D eigenvalue weighted by atomic mass is 9.91. The van der Waals surface area contributed by atoms with Gasteiger partial charge >= 0.3 is 0 Å². The Bertz CT molecular complexity index is 767. The van der Waals surface area contributed by atoms with E-state index in [1.165, 1.54) is 19.1 Å². The molecular weight excluding hydrogens is 372 g/mol. The summed E-state index contributed by atoms with van der Waals surface area (Å²) < 4.78 is 36.2. The molecule has 27 heavy (non-hydrogen) atoms. The summed E-state index contributed by atoms with van der Waals surface area (Å²) in [6.07, 6.45) is 3.66. The summed E-state index contributed by atoms with van der Waals surface area (Å²) in [5.41, 5.74) is 0.256. The average Bonchev–Trinajstić information content (AvgIpc) is 2.64. The summed E-state index contributed by atoms with van der Waals surface area (Å²) >= 11 is 0. The SMILES string of the molecule is COc1ccc(N(CC(=O)N(C)C2CCCCC2O)S(C)(=O)=O)c(OC)c1. The Labute approximate surface area is 160 Å². The first-order valence-corrected chi connectivity index (χ1v) is 10.7. The minimum atomic E-state index is -3.74. The Hall–Kier alpha value is -2.00. The minimum absolute atomic E-state index is 0.256. The fraction of sp³-hybridized carbons (Fsp3) is 0.611. The molecule has 152 valence electrons. The number of amides is 1. The number of benzene rings is 1. The fourth-order valence-corrected chi connectivity index (χ4v) is 4.19. The number of carbonyl (C=O) groups excluding carboxylic acids is 1. The second kappa shape index (κ2) is 8.79. The first-order chi connectivity index (χ1) is 12.7. The maximum atomic E-state index is 12.8. The third-order valence-corrected chi connectivity index (χ3v) is 6.05. The van der Waals surface area contributed by atoms with Crippen molar-refractivity contribution >= 4 is 21.6 Å². The Morgan fingerprint density at radius 3 is 2.44 bits per heavy atom. The van der Waals surface area contributed by atoms with E-state index in [4.69, 9.17) is 9.47 Å². The highest BCUT2D eigenvalue weighted by Gasteiger charge is 2.32. The molecule has 9 heteroatoms. The molecule has 2 atom stereocenters. The van der Waals surface area contributed by atoms with E-state index < -0.39 is 16.1 Å². The van der Waals surface area contributed by atoms with Gasteiger partial charge in [-0.25, -0.2) is 8.42 Å². The van der Waals surface area contributed by atoms with Crippen molar-refractivity contribution in [3.05, 3.63) is 18.2 Å². The van der Waals surface area contributed by atoms with E-state index in [0.717, 1.165) is 23.4 Å². The van der Waals surface area contributed by atoms with Gasteiger partial charge in [-0.2, -0.15) is 0 Å². The second-order valence-electron chi connectivity index (χ2n) is 6.73. The van der Waals surface area contributed by atoms with E-state index in [9.17, 15) is 18.3 Å². The highest BCUT2D eigenvalue weighted by molar-refractivity contribution is 7.92. The zero-order valence-electron chi connectivity index (χ0n) is 16.2. The Kier molecular flexibility index (Phi) is 6.94. The zero-order chi connectivity index (χ0) is 20.2. The van der Waals surface area contributed by atoms with E-state index in [2.05, 4.69) is 0 Å². The first kappa shape index (κ1) is 21.3. The van der Waals surface area contributed by atoms with Crippen molar-refractivity contribution in [2.24, 2.45) is 0 Å². The molecule has 1 aromatic carbocycles. The molecule has 0 saturated heterocycles. The number of aliphatic hydroxyl groups excluding tert-OH is 1. The van der Waals surface area contributed by atoms with Crippen LogP contribution in [0.4, 0.5) is 5.69 Å². The van der Waals surface area contributed by atoms with Crippen molar-refractivity contribution in [3.63, 3.8) is 0 Å². The topological polar surface area (TPSA) is 96.4 Å². The number of likely N-dealkylation sites (N-methyl/N-ethyl adjacent to an activating group) is 1.